The van der Waals surface area contributed by atoms with Crippen LogP contribution in [-0.4, -0.2) is 19.6 Å². The summed E-state index contributed by atoms with van der Waals surface area (Å²) in [5.74, 6) is 0.796. The number of halogens is 1. The van der Waals surface area contributed by atoms with Gasteiger partial charge in [-0.3, -0.25) is 4.40 Å². The van der Waals surface area contributed by atoms with Crippen molar-refractivity contribution in [1.82, 2.24) is 19.6 Å². The Hall–Kier alpha value is -1.75. The van der Waals surface area contributed by atoms with E-state index in [0.717, 1.165) is 21.5 Å². The van der Waals surface area contributed by atoms with Gasteiger partial charge in [-0.15, -0.1) is 5.10 Å². The molecule has 0 saturated heterocycles. The number of hydrogen-bond donors (Lipinski definition) is 0. The fraction of sp³-hybridized carbons (Fsp3) is 0. The highest BCUT2D eigenvalue weighted by atomic mass is 79.9. The van der Waals surface area contributed by atoms with Crippen LogP contribution in [0.1, 0.15) is 0 Å². The SMILES string of the molecule is Brc1cccn2c(-c3cccnn3)ncc12. The Labute approximate surface area is 100 Å². The monoisotopic (exact) mass is 274 g/mol. The van der Waals surface area contributed by atoms with E-state index in [4.69, 9.17) is 0 Å². The lowest BCUT2D eigenvalue weighted by molar-refractivity contribution is 1.01. The first kappa shape index (κ1) is 9.47. The zero-order chi connectivity index (χ0) is 11.0. The van der Waals surface area contributed by atoms with Gasteiger partial charge >= 0.3 is 0 Å². The third-order valence-corrected chi connectivity index (χ3v) is 2.99. The molecule has 3 aromatic heterocycles. The van der Waals surface area contributed by atoms with E-state index < -0.39 is 0 Å². The molecule has 0 bridgehead atoms. The van der Waals surface area contributed by atoms with Crippen LogP contribution < -0.4 is 0 Å². The number of hydrogen-bond acceptors (Lipinski definition) is 3. The van der Waals surface area contributed by atoms with Crippen molar-refractivity contribution < 1.29 is 0 Å². The lowest BCUT2D eigenvalue weighted by Crippen LogP contribution is -1.92. The smallest absolute Gasteiger partial charge is 0.165 e. The Balaban J connectivity index is 2.30. The molecule has 0 aliphatic carbocycles. The predicted octanol–water partition coefficient (Wildman–Crippen LogP) is 2.55. The number of nitrogens with zero attached hydrogens (tertiary/aromatic N) is 4. The van der Waals surface area contributed by atoms with Gasteiger partial charge in [-0.1, -0.05) is 0 Å². The average molecular weight is 275 g/mol. The first-order valence-electron chi connectivity index (χ1n) is 4.76. The third-order valence-electron chi connectivity index (χ3n) is 2.32. The van der Waals surface area contributed by atoms with Crippen molar-refractivity contribution >= 4 is 21.4 Å². The van der Waals surface area contributed by atoms with Crippen molar-refractivity contribution in [1.29, 1.82) is 0 Å². The summed E-state index contributed by atoms with van der Waals surface area (Å²) >= 11 is 3.49. The molecule has 4 nitrogen and oxygen atoms in total. The van der Waals surface area contributed by atoms with Crippen LogP contribution in [0, 0.1) is 0 Å². The second-order valence-electron chi connectivity index (χ2n) is 3.30. The van der Waals surface area contributed by atoms with E-state index in [0.29, 0.717) is 0 Å². The fourth-order valence-corrected chi connectivity index (χ4v) is 2.04. The van der Waals surface area contributed by atoms with E-state index in [9.17, 15) is 0 Å². The summed E-state index contributed by atoms with van der Waals surface area (Å²) in [5, 5.41) is 7.91. The molecule has 0 aliphatic rings. The average Bonchev–Trinajstić information content (AvgIpc) is 2.75. The van der Waals surface area contributed by atoms with Gasteiger partial charge < -0.3 is 0 Å². The molecule has 0 atom stereocenters. The maximum absolute atomic E-state index is 4.36. The van der Waals surface area contributed by atoms with Crippen LogP contribution in [0.2, 0.25) is 0 Å². The number of fused-ring (bicyclic) bond motifs is 1. The first-order chi connectivity index (χ1) is 7.86. The molecule has 0 fully saturated rings. The number of pyridine rings is 1. The van der Waals surface area contributed by atoms with Crippen LogP contribution in [-0.2, 0) is 0 Å². The first-order valence-corrected chi connectivity index (χ1v) is 5.55. The second-order valence-corrected chi connectivity index (χ2v) is 4.16. The molecule has 0 aromatic carbocycles. The zero-order valence-corrected chi connectivity index (χ0v) is 9.79. The minimum Gasteiger partial charge on any atom is -0.297 e. The summed E-state index contributed by atoms with van der Waals surface area (Å²) in [5.41, 5.74) is 1.78. The molecular formula is C11H7BrN4. The third kappa shape index (κ3) is 1.40. The molecular weight excluding hydrogens is 268 g/mol. The van der Waals surface area contributed by atoms with Crippen LogP contribution in [0.3, 0.4) is 0 Å². The highest BCUT2D eigenvalue weighted by molar-refractivity contribution is 9.10. The Morgan fingerprint density at radius 1 is 1.19 bits per heavy atom. The van der Waals surface area contributed by atoms with Crippen LogP contribution in [0.25, 0.3) is 17.0 Å². The number of aromatic nitrogens is 4. The van der Waals surface area contributed by atoms with Crippen LogP contribution in [0.15, 0.2) is 47.3 Å². The molecule has 78 valence electrons. The summed E-state index contributed by atoms with van der Waals surface area (Å²) in [4.78, 5) is 4.36. The minimum absolute atomic E-state index is 0.764. The molecule has 0 N–H and O–H groups in total. The molecule has 3 aromatic rings. The van der Waals surface area contributed by atoms with E-state index in [-0.39, 0.29) is 0 Å². The lowest BCUT2D eigenvalue weighted by Gasteiger charge is -2.00. The van der Waals surface area contributed by atoms with Gasteiger partial charge in [-0.25, -0.2) is 4.98 Å². The molecule has 0 spiro atoms. The molecule has 3 rings (SSSR count). The van der Waals surface area contributed by atoms with E-state index in [1.807, 2.05) is 41.1 Å². The normalized spacial score (nSPS) is 10.8. The highest BCUT2D eigenvalue weighted by Gasteiger charge is 2.08. The summed E-state index contributed by atoms with van der Waals surface area (Å²) in [7, 11) is 0. The van der Waals surface area contributed by atoms with Gasteiger partial charge in [0.05, 0.1) is 11.7 Å². The summed E-state index contributed by atoms with van der Waals surface area (Å²) in [6.07, 6.45) is 5.42. The number of rotatable bonds is 1. The van der Waals surface area contributed by atoms with Gasteiger partial charge in [0.25, 0.3) is 0 Å². The van der Waals surface area contributed by atoms with Gasteiger partial charge in [0.2, 0.25) is 0 Å². The topological polar surface area (TPSA) is 43.1 Å². The predicted molar refractivity (Wildman–Crippen MR) is 63.9 cm³/mol. The molecule has 0 radical (unpaired) electrons. The van der Waals surface area contributed by atoms with Crippen molar-refractivity contribution in [3.05, 3.63) is 47.3 Å². The van der Waals surface area contributed by atoms with Gasteiger partial charge in [0, 0.05) is 16.9 Å². The summed E-state index contributed by atoms with van der Waals surface area (Å²) < 4.78 is 2.99. The van der Waals surface area contributed by atoms with Gasteiger partial charge in [-0.05, 0) is 40.2 Å². The Morgan fingerprint density at radius 3 is 2.94 bits per heavy atom. The second kappa shape index (κ2) is 3.68. The zero-order valence-electron chi connectivity index (χ0n) is 8.21. The van der Waals surface area contributed by atoms with Crippen molar-refractivity contribution in [3.8, 4) is 11.5 Å². The van der Waals surface area contributed by atoms with Crippen LogP contribution in [0.5, 0.6) is 0 Å². The maximum Gasteiger partial charge on any atom is 0.165 e. The van der Waals surface area contributed by atoms with Crippen molar-refractivity contribution in [3.63, 3.8) is 0 Å². The summed E-state index contributed by atoms with van der Waals surface area (Å²) in [6.45, 7) is 0. The van der Waals surface area contributed by atoms with E-state index in [2.05, 4.69) is 31.1 Å². The van der Waals surface area contributed by atoms with Crippen LogP contribution in [0.4, 0.5) is 0 Å². The molecule has 0 aliphatic heterocycles. The molecule has 0 saturated carbocycles. The fourth-order valence-electron chi connectivity index (χ4n) is 1.60. The lowest BCUT2D eigenvalue weighted by atomic mass is 10.3. The number of imidazole rings is 1. The minimum atomic E-state index is 0.764. The van der Waals surface area contributed by atoms with Crippen molar-refractivity contribution in [2.45, 2.75) is 0 Å². The Kier molecular flexibility index (Phi) is 2.18. The summed E-state index contributed by atoms with van der Waals surface area (Å²) in [6, 6.07) is 7.68. The maximum atomic E-state index is 4.36. The Bertz CT molecular complexity index is 633. The van der Waals surface area contributed by atoms with Crippen molar-refractivity contribution in [2.75, 3.05) is 0 Å². The van der Waals surface area contributed by atoms with Crippen molar-refractivity contribution in [2.24, 2.45) is 0 Å². The Morgan fingerprint density at radius 2 is 2.12 bits per heavy atom. The van der Waals surface area contributed by atoms with E-state index in [1.54, 1.807) is 6.20 Å². The molecule has 0 unspecified atom stereocenters. The van der Waals surface area contributed by atoms with Gasteiger partial charge in [-0.2, -0.15) is 5.10 Å². The molecule has 5 heteroatoms. The highest BCUT2D eigenvalue weighted by Crippen LogP contribution is 2.22. The quantitative estimate of drug-likeness (QED) is 0.685. The largest absolute Gasteiger partial charge is 0.297 e. The van der Waals surface area contributed by atoms with E-state index >= 15 is 0 Å². The molecule has 3 heterocycles. The molecule has 0 amide bonds. The van der Waals surface area contributed by atoms with Gasteiger partial charge in [0.1, 0.15) is 5.69 Å². The van der Waals surface area contributed by atoms with Crippen LogP contribution >= 0.6 is 15.9 Å². The molecule has 16 heavy (non-hydrogen) atoms. The standard InChI is InChI=1S/C11H7BrN4/c12-8-3-2-6-16-10(8)7-13-11(16)9-4-1-5-14-15-9/h1-7H. The van der Waals surface area contributed by atoms with E-state index in [1.165, 1.54) is 0 Å². The van der Waals surface area contributed by atoms with Gasteiger partial charge in [0.15, 0.2) is 5.82 Å².